The summed E-state index contributed by atoms with van der Waals surface area (Å²) < 4.78 is 0. The number of aromatic hydroxyl groups is 1. The van der Waals surface area contributed by atoms with Gasteiger partial charge in [-0.25, -0.2) is 0 Å². The van der Waals surface area contributed by atoms with Gasteiger partial charge in [0.2, 0.25) is 11.8 Å². The lowest BCUT2D eigenvalue weighted by molar-refractivity contribution is -0.384. The molecule has 0 aliphatic carbocycles. The number of benzene rings is 2. The Kier molecular flexibility index (Phi) is 6.63. The lowest BCUT2D eigenvalue weighted by Crippen LogP contribution is -2.47. The van der Waals surface area contributed by atoms with Crippen molar-refractivity contribution in [2.24, 2.45) is 5.92 Å². The van der Waals surface area contributed by atoms with Crippen molar-refractivity contribution in [2.75, 3.05) is 23.7 Å². The fourth-order valence-corrected chi connectivity index (χ4v) is 3.44. The lowest BCUT2D eigenvalue weighted by Gasteiger charge is -2.34. The first kappa shape index (κ1) is 21.3. The van der Waals surface area contributed by atoms with Gasteiger partial charge in [-0.2, -0.15) is 0 Å². The van der Waals surface area contributed by atoms with Crippen LogP contribution in [0.15, 0.2) is 48.5 Å². The smallest absolute Gasteiger partial charge is 0.269 e. The fraction of sp³-hybridized carbons (Fsp3) is 0.333. The maximum absolute atomic E-state index is 12.5. The van der Waals surface area contributed by atoms with Gasteiger partial charge in [0.15, 0.2) is 0 Å². The zero-order valence-electron chi connectivity index (χ0n) is 16.6. The molecule has 0 unspecified atom stereocenters. The average Bonchev–Trinajstić information content (AvgIpc) is 2.75. The third-order valence-corrected chi connectivity index (χ3v) is 5.34. The number of piperidine rings is 1. The number of phenols is 1. The molecule has 2 aromatic rings. The van der Waals surface area contributed by atoms with Crippen molar-refractivity contribution in [3.05, 3.63) is 58.6 Å². The van der Waals surface area contributed by atoms with E-state index < -0.39 is 11.0 Å². The lowest BCUT2D eigenvalue weighted by atomic mass is 9.94. The highest BCUT2D eigenvalue weighted by Gasteiger charge is 2.30. The molecule has 0 saturated carbocycles. The summed E-state index contributed by atoms with van der Waals surface area (Å²) in [5.41, 5.74) is 0.848. The summed E-state index contributed by atoms with van der Waals surface area (Å²) in [4.78, 5) is 37.2. The second kappa shape index (κ2) is 9.36. The van der Waals surface area contributed by atoms with Gasteiger partial charge in [-0.3, -0.25) is 24.6 Å². The molecule has 0 spiro atoms. The normalized spacial score (nSPS) is 15.9. The topological polar surface area (TPSA) is 125 Å². The van der Waals surface area contributed by atoms with Crippen LogP contribution in [0.2, 0.25) is 0 Å². The molecule has 2 amide bonds. The van der Waals surface area contributed by atoms with Crippen molar-refractivity contribution in [3.8, 4) is 5.75 Å². The summed E-state index contributed by atoms with van der Waals surface area (Å²) in [6.45, 7) is 2.98. The maximum Gasteiger partial charge on any atom is 0.269 e. The van der Waals surface area contributed by atoms with Crippen LogP contribution in [0.25, 0.3) is 0 Å². The van der Waals surface area contributed by atoms with Crippen LogP contribution in [0, 0.1) is 16.0 Å². The first-order valence-corrected chi connectivity index (χ1v) is 9.73. The van der Waals surface area contributed by atoms with Gasteiger partial charge in [-0.1, -0.05) is 12.1 Å². The Balaban J connectivity index is 1.50. The molecular weight excluding hydrogens is 388 g/mol. The summed E-state index contributed by atoms with van der Waals surface area (Å²) in [5, 5.41) is 26.0. The third kappa shape index (κ3) is 5.12. The first-order valence-electron chi connectivity index (χ1n) is 9.73. The number of likely N-dealkylation sites (tertiary alicyclic amines) is 1. The van der Waals surface area contributed by atoms with Gasteiger partial charge in [-0.05, 0) is 57.1 Å². The number of hydrogen-bond donors (Lipinski definition) is 3. The Morgan fingerprint density at radius 3 is 2.33 bits per heavy atom. The quantitative estimate of drug-likeness (QED) is 0.381. The number of anilines is 2. The van der Waals surface area contributed by atoms with Gasteiger partial charge >= 0.3 is 0 Å². The number of non-ortho nitro benzene ring substituents is 1. The van der Waals surface area contributed by atoms with Gasteiger partial charge < -0.3 is 15.7 Å². The van der Waals surface area contributed by atoms with Crippen LogP contribution >= 0.6 is 0 Å². The van der Waals surface area contributed by atoms with Crippen LogP contribution in [-0.2, 0) is 9.59 Å². The van der Waals surface area contributed by atoms with E-state index in [0.717, 1.165) is 0 Å². The number of hydrogen-bond acceptors (Lipinski definition) is 6. The average molecular weight is 412 g/mol. The van der Waals surface area contributed by atoms with E-state index in [0.29, 0.717) is 37.3 Å². The molecule has 0 aromatic heterocycles. The van der Waals surface area contributed by atoms with Crippen LogP contribution < -0.4 is 10.6 Å². The van der Waals surface area contributed by atoms with Gasteiger partial charge in [0.1, 0.15) is 5.75 Å². The number of amides is 2. The van der Waals surface area contributed by atoms with E-state index in [9.17, 15) is 24.8 Å². The minimum absolute atomic E-state index is 0.0276. The Hall–Kier alpha value is -3.46. The molecule has 0 bridgehead atoms. The number of carbonyl (C=O) groups excluding carboxylic acids is 2. The van der Waals surface area contributed by atoms with E-state index in [1.807, 2.05) is 4.90 Å². The molecule has 30 heavy (non-hydrogen) atoms. The molecule has 1 fully saturated rings. The zero-order valence-corrected chi connectivity index (χ0v) is 16.6. The Morgan fingerprint density at radius 2 is 1.73 bits per heavy atom. The molecular formula is C21H24N4O5. The number of carbonyl (C=O) groups is 2. The van der Waals surface area contributed by atoms with E-state index in [4.69, 9.17) is 0 Å². The first-order chi connectivity index (χ1) is 14.3. The predicted molar refractivity (Wildman–Crippen MR) is 112 cm³/mol. The molecule has 1 aliphatic heterocycles. The van der Waals surface area contributed by atoms with Crippen LogP contribution in [0.1, 0.15) is 19.8 Å². The molecule has 9 nitrogen and oxygen atoms in total. The summed E-state index contributed by atoms with van der Waals surface area (Å²) >= 11 is 0. The fourth-order valence-electron chi connectivity index (χ4n) is 3.44. The van der Waals surface area contributed by atoms with Gasteiger partial charge in [0.05, 0.1) is 16.7 Å². The molecule has 0 radical (unpaired) electrons. The molecule has 158 valence electrons. The van der Waals surface area contributed by atoms with Crippen LogP contribution in [0.4, 0.5) is 17.1 Å². The number of rotatable bonds is 6. The van der Waals surface area contributed by atoms with E-state index in [1.165, 1.54) is 30.3 Å². The highest BCUT2D eigenvalue weighted by Crippen LogP contribution is 2.25. The minimum atomic E-state index is -0.492. The maximum atomic E-state index is 12.5. The van der Waals surface area contributed by atoms with E-state index >= 15 is 0 Å². The predicted octanol–water partition coefficient (Wildman–Crippen LogP) is 2.98. The molecule has 3 rings (SSSR count). The summed E-state index contributed by atoms with van der Waals surface area (Å²) in [6.07, 6.45) is 1.21. The SMILES string of the molecule is C[C@@H](C(=O)Nc1ccc([N+](=O)[O-])cc1)N1CCC(C(=O)Nc2ccccc2O)CC1. The van der Waals surface area contributed by atoms with E-state index in [2.05, 4.69) is 10.6 Å². The molecule has 1 atom stereocenters. The second-order valence-corrected chi connectivity index (χ2v) is 7.29. The number of nitro groups is 1. The van der Waals surface area contributed by atoms with Crippen molar-refractivity contribution in [3.63, 3.8) is 0 Å². The van der Waals surface area contributed by atoms with Crippen LogP contribution in [-0.4, -0.2) is 45.9 Å². The third-order valence-electron chi connectivity index (χ3n) is 5.34. The van der Waals surface area contributed by atoms with Crippen molar-refractivity contribution in [2.45, 2.75) is 25.8 Å². The zero-order chi connectivity index (χ0) is 21.7. The van der Waals surface area contributed by atoms with Gasteiger partial charge in [-0.15, -0.1) is 0 Å². The van der Waals surface area contributed by atoms with Gasteiger partial charge in [0.25, 0.3) is 5.69 Å². The number of nitro benzene ring substituents is 1. The summed E-state index contributed by atoms with van der Waals surface area (Å²) in [7, 11) is 0. The number of para-hydroxylation sites is 2. The molecule has 1 saturated heterocycles. The van der Waals surface area contributed by atoms with Crippen molar-refractivity contribution in [1.29, 1.82) is 0 Å². The molecule has 1 heterocycles. The van der Waals surface area contributed by atoms with Crippen LogP contribution in [0.3, 0.4) is 0 Å². The van der Waals surface area contributed by atoms with Crippen molar-refractivity contribution >= 4 is 28.9 Å². The minimum Gasteiger partial charge on any atom is -0.506 e. The number of phenolic OH excluding ortho intramolecular Hbond substituents is 1. The largest absolute Gasteiger partial charge is 0.506 e. The molecule has 1 aliphatic rings. The highest BCUT2D eigenvalue weighted by molar-refractivity contribution is 5.95. The van der Waals surface area contributed by atoms with Crippen LogP contribution in [0.5, 0.6) is 5.75 Å². The molecule has 2 aromatic carbocycles. The second-order valence-electron chi connectivity index (χ2n) is 7.29. The highest BCUT2D eigenvalue weighted by atomic mass is 16.6. The summed E-state index contributed by atoms with van der Waals surface area (Å²) in [5.74, 6) is -0.509. The number of nitrogens with one attached hydrogen (secondary N) is 2. The monoisotopic (exact) mass is 412 g/mol. The Labute approximate surface area is 173 Å². The standard InChI is InChI=1S/C21H24N4O5/c1-14(20(27)22-16-6-8-17(9-7-16)25(29)30)24-12-10-15(11-13-24)21(28)23-18-4-2-3-5-19(18)26/h2-9,14-15,26H,10-13H2,1H3,(H,22,27)(H,23,28)/t14-/m0/s1. The summed E-state index contributed by atoms with van der Waals surface area (Å²) in [6, 6.07) is 11.9. The Morgan fingerprint density at radius 1 is 1.10 bits per heavy atom. The van der Waals surface area contributed by atoms with Crippen molar-refractivity contribution < 1.29 is 19.6 Å². The van der Waals surface area contributed by atoms with E-state index in [1.54, 1.807) is 25.1 Å². The Bertz CT molecular complexity index is 923. The number of nitrogens with zero attached hydrogens (tertiary/aromatic N) is 2. The van der Waals surface area contributed by atoms with Gasteiger partial charge in [0, 0.05) is 23.7 Å². The van der Waals surface area contributed by atoms with Crippen molar-refractivity contribution in [1.82, 2.24) is 4.90 Å². The molecule has 9 heteroatoms. The van der Waals surface area contributed by atoms with E-state index in [-0.39, 0.29) is 29.2 Å². The molecule has 3 N–H and O–H groups in total.